The topological polar surface area (TPSA) is 20.3 Å². The number of amides is 1. The van der Waals surface area contributed by atoms with Crippen LogP contribution in [0.2, 0.25) is 4.34 Å². The molecule has 0 aliphatic carbocycles. The largest absolute Gasteiger partial charge is 0.330 e. The fourth-order valence-corrected chi connectivity index (χ4v) is 5.54. The number of halogens is 3. The highest BCUT2D eigenvalue weighted by Gasteiger charge is 2.20. The molecule has 0 N–H and O–H groups in total. The van der Waals surface area contributed by atoms with E-state index in [4.69, 9.17) is 11.6 Å². The molecular formula is C13H10Br2ClNOS2. The van der Waals surface area contributed by atoms with Crippen molar-refractivity contribution in [3.05, 3.63) is 53.2 Å². The molecule has 1 amide bonds. The average molecular weight is 456 g/mol. The Bertz CT molecular complexity index is 638. The van der Waals surface area contributed by atoms with Crippen molar-refractivity contribution in [1.29, 1.82) is 0 Å². The van der Waals surface area contributed by atoms with Crippen LogP contribution in [0.3, 0.4) is 0 Å². The second-order valence-corrected chi connectivity index (χ2v) is 9.47. The maximum Gasteiger partial charge on any atom is 0.256 e. The van der Waals surface area contributed by atoms with Crippen LogP contribution in [0.25, 0.3) is 0 Å². The predicted octanol–water partition coefficient (Wildman–Crippen LogP) is 5.82. The smallest absolute Gasteiger partial charge is 0.256 e. The summed E-state index contributed by atoms with van der Waals surface area (Å²) in [6.45, 7) is 4.74. The molecule has 106 valence electrons. The average Bonchev–Trinajstić information content (AvgIpc) is 2.94. The minimum atomic E-state index is -0.0248. The Morgan fingerprint density at radius 1 is 1.40 bits per heavy atom. The molecule has 2 aromatic rings. The molecule has 0 fully saturated rings. The highest BCUT2D eigenvalue weighted by Crippen LogP contribution is 2.33. The summed E-state index contributed by atoms with van der Waals surface area (Å²) in [5.74, 6) is -0.0248. The summed E-state index contributed by atoms with van der Waals surface area (Å²) in [5.41, 5.74) is 0.659. The summed E-state index contributed by atoms with van der Waals surface area (Å²) in [7, 11) is 0. The van der Waals surface area contributed by atoms with E-state index in [2.05, 4.69) is 38.4 Å². The number of thiophene rings is 2. The first-order valence-electron chi connectivity index (χ1n) is 5.60. The van der Waals surface area contributed by atoms with Crippen molar-refractivity contribution >= 4 is 72.0 Å². The van der Waals surface area contributed by atoms with Crippen molar-refractivity contribution in [3.8, 4) is 0 Å². The summed E-state index contributed by atoms with van der Waals surface area (Å²) in [6.07, 6.45) is 1.72. The van der Waals surface area contributed by atoms with Crippen LogP contribution in [-0.2, 0) is 6.54 Å². The van der Waals surface area contributed by atoms with Gasteiger partial charge in [-0.15, -0.1) is 29.3 Å². The van der Waals surface area contributed by atoms with Crippen LogP contribution in [0.15, 0.2) is 38.4 Å². The van der Waals surface area contributed by atoms with E-state index < -0.39 is 0 Å². The number of rotatable bonds is 5. The lowest BCUT2D eigenvalue weighted by Gasteiger charge is -2.20. The van der Waals surface area contributed by atoms with Crippen LogP contribution >= 0.6 is 66.1 Å². The van der Waals surface area contributed by atoms with Gasteiger partial charge in [-0.25, -0.2) is 0 Å². The first-order valence-corrected chi connectivity index (χ1v) is 9.20. The second kappa shape index (κ2) is 7.22. The molecule has 0 spiro atoms. The van der Waals surface area contributed by atoms with E-state index in [1.807, 2.05) is 18.2 Å². The van der Waals surface area contributed by atoms with E-state index in [-0.39, 0.29) is 5.91 Å². The highest BCUT2D eigenvalue weighted by atomic mass is 79.9. The maximum atomic E-state index is 12.6. The van der Waals surface area contributed by atoms with Crippen molar-refractivity contribution in [3.63, 3.8) is 0 Å². The van der Waals surface area contributed by atoms with Crippen LogP contribution < -0.4 is 0 Å². The summed E-state index contributed by atoms with van der Waals surface area (Å²) >= 11 is 15.7. The monoisotopic (exact) mass is 453 g/mol. The SMILES string of the molecule is C=CCN(Cc1ccc(Cl)s1)C(=O)c1cc(Br)sc1Br. The Labute approximate surface area is 147 Å². The van der Waals surface area contributed by atoms with Gasteiger partial charge in [0.25, 0.3) is 5.91 Å². The van der Waals surface area contributed by atoms with Gasteiger partial charge in [0.05, 0.1) is 24.0 Å². The van der Waals surface area contributed by atoms with Gasteiger partial charge in [-0.05, 0) is 50.1 Å². The third-order valence-electron chi connectivity index (χ3n) is 2.50. The minimum absolute atomic E-state index is 0.0248. The van der Waals surface area contributed by atoms with Gasteiger partial charge < -0.3 is 4.90 Å². The number of carbonyl (C=O) groups excluding carboxylic acids is 1. The van der Waals surface area contributed by atoms with E-state index in [1.165, 1.54) is 22.7 Å². The fourth-order valence-electron chi connectivity index (χ4n) is 1.66. The number of hydrogen-bond acceptors (Lipinski definition) is 3. The maximum absolute atomic E-state index is 12.6. The first kappa shape index (κ1) is 16.2. The van der Waals surface area contributed by atoms with Crippen LogP contribution in [0.4, 0.5) is 0 Å². The third kappa shape index (κ3) is 3.95. The van der Waals surface area contributed by atoms with Crippen molar-refractivity contribution in [2.24, 2.45) is 0 Å². The molecule has 2 heterocycles. The van der Waals surface area contributed by atoms with Gasteiger partial charge in [-0.3, -0.25) is 4.79 Å². The molecule has 0 radical (unpaired) electrons. The molecule has 0 aliphatic heterocycles. The zero-order valence-electron chi connectivity index (χ0n) is 10.2. The third-order valence-corrected chi connectivity index (χ3v) is 6.05. The highest BCUT2D eigenvalue weighted by molar-refractivity contribution is 9.12. The predicted molar refractivity (Wildman–Crippen MR) is 94.0 cm³/mol. The standard InChI is InChI=1S/C13H10Br2ClNOS2/c1-2-5-17(7-8-3-4-11(16)19-8)13(18)9-6-10(14)20-12(9)15/h2-4,6H,1,5,7H2. The van der Waals surface area contributed by atoms with Gasteiger partial charge in [0.2, 0.25) is 0 Å². The van der Waals surface area contributed by atoms with E-state index in [9.17, 15) is 4.79 Å². The zero-order chi connectivity index (χ0) is 14.7. The van der Waals surface area contributed by atoms with E-state index >= 15 is 0 Å². The van der Waals surface area contributed by atoms with E-state index in [0.29, 0.717) is 18.7 Å². The Hall–Kier alpha value is -0.140. The van der Waals surface area contributed by atoms with Crippen molar-refractivity contribution in [1.82, 2.24) is 4.90 Å². The second-order valence-electron chi connectivity index (χ2n) is 3.92. The van der Waals surface area contributed by atoms with Gasteiger partial charge >= 0.3 is 0 Å². The normalized spacial score (nSPS) is 10.6. The van der Waals surface area contributed by atoms with Crippen molar-refractivity contribution < 1.29 is 4.79 Å². The number of carbonyl (C=O) groups is 1. The molecule has 20 heavy (non-hydrogen) atoms. The molecule has 2 nitrogen and oxygen atoms in total. The summed E-state index contributed by atoms with van der Waals surface area (Å²) in [5, 5.41) is 0. The van der Waals surface area contributed by atoms with E-state index in [1.54, 1.807) is 11.0 Å². The molecule has 2 aromatic heterocycles. The Balaban J connectivity index is 2.21. The zero-order valence-corrected chi connectivity index (χ0v) is 15.8. The van der Waals surface area contributed by atoms with Crippen LogP contribution in [0.5, 0.6) is 0 Å². The molecule has 0 bridgehead atoms. The lowest BCUT2D eigenvalue weighted by atomic mass is 10.2. The summed E-state index contributed by atoms with van der Waals surface area (Å²) in [4.78, 5) is 15.4. The first-order chi connectivity index (χ1) is 9.51. The van der Waals surface area contributed by atoms with Gasteiger partial charge in [0.15, 0.2) is 0 Å². The molecule has 0 aromatic carbocycles. The van der Waals surface area contributed by atoms with Gasteiger partial charge in [0.1, 0.15) is 0 Å². The molecule has 7 heteroatoms. The lowest BCUT2D eigenvalue weighted by Crippen LogP contribution is -2.30. The molecule has 0 atom stereocenters. The lowest BCUT2D eigenvalue weighted by molar-refractivity contribution is 0.0764. The Morgan fingerprint density at radius 3 is 2.65 bits per heavy atom. The van der Waals surface area contributed by atoms with E-state index in [0.717, 1.165) is 16.8 Å². The van der Waals surface area contributed by atoms with Crippen LogP contribution in [0.1, 0.15) is 15.2 Å². The van der Waals surface area contributed by atoms with Gasteiger partial charge in [0, 0.05) is 11.4 Å². The molecule has 0 unspecified atom stereocenters. The van der Waals surface area contributed by atoms with Crippen molar-refractivity contribution in [2.75, 3.05) is 6.54 Å². The Morgan fingerprint density at radius 2 is 2.15 bits per heavy atom. The van der Waals surface area contributed by atoms with Crippen LogP contribution in [-0.4, -0.2) is 17.4 Å². The summed E-state index contributed by atoms with van der Waals surface area (Å²) in [6, 6.07) is 5.61. The molecule has 0 saturated carbocycles. The number of hydrogen-bond donors (Lipinski definition) is 0. The van der Waals surface area contributed by atoms with Gasteiger partial charge in [-0.1, -0.05) is 17.7 Å². The molecular weight excluding hydrogens is 446 g/mol. The van der Waals surface area contributed by atoms with Crippen molar-refractivity contribution in [2.45, 2.75) is 6.54 Å². The van der Waals surface area contributed by atoms with Crippen LogP contribution in [0, 0.1) is 0 Å². The minimum Gasteiger partial charge on any atom is -0.330 e. The number of nitrogens with zero attached hydrogens (tertiary/aromatic N) is 1. The molecule has 0 saturated heterocycles. The van der Waals surface area contributed by atoms with Gasteiger partial charge in [-0.2, -0.15) is 0 Å². The molecule has 2 rings (SSSR count). The fraction of sp³-hybridized carbons (Fsp3) is 0.154. The molecule has 0 aliphatic rings. The Kier molecular flexibility index (Phi) is 5.86. The summed E-state index contributed by atoms with van der Waals surface area (Å²) < 4.78 is 2.48. The quantitative estimate of drug-likeness (QED) is 0.521.